The lowest BCUT2D eigenvalue weighted by molar-refractivity contribution is -0.122. The van der Waals surface area contributed by atoms with Gasteiger partial charge < -0.3 is 19.9 Å². The molecule has 1 N–H and O–H groups in total. The second-order valence-electron chi connectivity index (χ2n) is 7.65. The number of nitrogens with one attached hydrogen (secondary N) is 1. The van der Waals surface area contributed by atoms with Gasteiger partial charge >= 0.3 is 5.97 Å². The number of amides is 2. The Morgan fingerprint density at radius 2 is 2.03 bits per heavy atom. The van der Waals surface area contributed by atoms with E-state index in [-0.39, 0.29) is 24.8 Å². The first-order valence-electron chi connectivity index (χ1n) is 10.1. The van der Waals surface area contributed by atoms with Crippen LogP contribution in [0.1, 0.15) is 34.1 Å². The fourth-order valence-corrected chi connectivity index (χ4v) is 5.31. The summed E-state index contributed by atoms with van der Waals surface area (Å²) in [6.45, 7) is 3.97. The molecule has 8 heteroatoms. The summed E-state index contributed by atoms with van der Waals surface area (Å²) in [6, 6.07) is 9.35. The maximum atomic E-state index is 13.0. The number of para-hydroxylation sites is 1. The fraction of sp³-hybridized carbons (Fsp3) is 0.409. The molecule has 0 saturated carbocycles. The van der Waals surface area contributed by atoms with Crippen molar-refractivity contribution >= 4 is 39.8 Å². The molecule has 1 unspecified atom stereocenters. The smallest absolute Gasteiger partial charge is 0.341 e. The topological polar surface area (TPSA) is 78.9 Å². The Bertz CT molecular complexity index is 972. The highest BCUT2D eigenvalue weighted by Crippen LogP contribution is 2.38. The number of thiophene rings is 1. The van der Waals surface area contributed by atoms with Crippen molar-refractivity contribution in [3.63, 3.8) is 0 Å². The zero-order chi connectivity index (χ0) is 21.3. The molecule has 0 bridgehead atoms. The summed E-state index contributed by atoms with van der Waals surface area (Å²) in [5, 5.41) is 3.47. The van der Waals surface area contributed by atoms with E-state index in [0.29, 0.717) is 17.1 Å². The molecule has 0 radical (unpaired) electrons. The molecule has 1 aromatic heterocycles. The van der Waals surface area contributed by atoms with Crippen LogP contribution < -0.4 is 10.2 Å². The van der Waals surface area contributed by atoms with Gasteiger partial charge in [0.15, 0.2) is 0 Å². The number of carbonyl (C=O) groups excluding carboxylic acids is 3. The number of fused-ring (bicyclic) bond motifs is 1. The number of benzene rings is 1. The normalized spacial score (nSPS) is 18.9. The Labute approximate surface area is 179 Å². The molecule has 158 valence electrons. The molecule has 1 saturated heterocycles. The molecule has 30 heavy (non-hydrogen) atoms. The van der Waals surface area contributed by atoms with Gasteiger partial charge in [-0.25, -0.2) is 4.79 Å². The molecule has 0 spiro atoms. The van der Waals surface area contributed by atoms with Crippen LogP contribution in [-0.4, -0.2) is 49.4 Å². The highest BCUT2D eigenvalue weighted by molar-refractivity contribution is 7.17. The maximum Gasteiger partial charge on any atom is 0.341 e. The first-order chi connectivity index (χ1) is 14.5. The largest absolute Gasteiger partial charge is 0.462 e. The van der Waals surface area contributed by atoms with Crippen LogP contribution >= 0.6 is 11.3 Å². The number of esters is 1. The quantitative estimate of drug-likeness (QED) is 0.743. The van der Waals surface area contributed by atoms with E-state index < -0.39 is 11.9 Å². The van der Waals surface area contributed by atoms with E-state index in [4.69, 9.17) is 4.74 Å². The molecule has 7 nitrogen and oxygen atoms in total. The Balaban J connectivity index is 1.55. The number of likely N-dealkylation sites (N-methyl/N-ethyl adjacent to an activating group) is 1. The van der Waals surface area contributed by atoms with Crippen LogP contribution in [0.15, 0.2) is 30.3 Å². The number of ether oxygens (including phenoxy) is 1. The number of nitrogens with zero attached hydrogens (tertiary/aromatic N) is 2. The average molecular weight is 428 g/mol. The Hall–Kier alpha value is -2.71. The third-order valence-electron chi connectivity index (χ3n) is 5.53. The lowest BCUT2D eigenvalue weighted by Crippen LogP contribution is -2.28. The van der Waals surface area contributed by atoms with Crippen molar-refractivity contribution in [2.45, 2.75) is 26.3 Å². The minimum absolute atomic E-state index is 0.0703. The Morgan fingerprint density at radius 3 is 2.77 bits per heavy atom. The molecule has 2 aliphatic rings. The van der Waals surface area contributed by atoms with Crippen LogP contribution in [0.4, 0.5) is 10.7 Å². The third kappa shape index (κ3) is 3.97. The van der Waals surface area contributed by atoms with Gasteiger partial charge in [0.1, 0.15) is 5.00 Å². The summed E-state index contributed by atoms with van der Waals surface area (Å²) in [7, 11) is 2.03. The van der Waals surface area contributed by atoms with Gasteiger partial charge in [-0.05, 0) is 38.1 Å². The number of hydrogen-bond donors (Lipinski definition) is 1. The SMILES string of the molecule is CCOC(=O)c1c(NC(=O)C2CC(=O)N(c3ccccc3)C2)sc2c1CCN(C)C2. The van der Waals surface area contributed by atoms with Crippen LogP contribution in [0.2, 0.25) is 0 Å². The second kappa shape index (κ2) is 8.57. The summed E-state index contributed by atoms with van der Waals surface area (Å²) in [5.74, 6) is -1.17. The van der Waals surface area contributed by atoms with Gasteiger partial charge in [-0.2, -0.15) is 0 Å². The van der Waals surface area contributed by atoms with Gasteiger partial charge in [-0.15, -0.1) is 11.3 Å². The molecule has 0 aliphatic carbocycles. The van der Waals surface area contributed by atoms with Crippen molar-refractivity contribution in [1.29, 1.82) is 0 Å². The van der Waals surface area contributed by atoms with Gasteiger partial charge in [0.05, 0.1) is 18.1 Å². The zero-order valence-electron chi connectivity index (χ0n) is 17.1. The van der Waals surface area contributed by atoms with Gasteiger partial charge in [-0.1, -0.05) is 18.2 Å². The first kappa shape index (κ1) is 20.6. The molecule has 1 fully saturated rings. The van der Waals surface area contributed by atoms with E-state index in [0.717, 1.165) is 35.6 Å². The van der Waals surface area contributed by atoms with E-state index in [1.807, 2.05) is 37.4 Å². The van der Waals surface area contributed by atoms with E-state index in [1.165, 1.54) is 11.3 Å². The monoisotopic (exact) mass is 427 g/mol. The summed E-state index contributed by atoms with van der Waals surface area (Å²) < 4.78 is 5.26. The molecule has 2 aromatic rings. The van der Waals surface area contributed by atoms with Crippen LogP contribution in [0.3, 0.4) is 0 Å². The third-order valence-corrected chi connectivity index (χ3v) is 6.66. The summed E-state index contributed by atoms with van der Waals surface area (Å²) in [4.78, 5) is 43.0. The average Bonchev–Trinajstić information content (AvgIpc) is 3.28. The highest BCUT2D eigenvalue weighted by atomic mass is 32.1. The minimum Gasteiger partial charge on any atom is -0.462 e. The van der Waals surface area contributed by atoms with Gasteiger partial charge in [0, 0.05) is 36.6 Å². The number of carbonyl (C=O) groups is 3. The molecule has 3 heterocycles. The standard InChI is InChI=1S/C22H25N3O4S/c1-3-29-22(28)19-16-9-10-24(2)13-17(16)30-21(19)23-20(27)14-11-18(26)25(12-14)15-7-5-4-6-8-15/h4-8,14H,3,9-13H2,1-2H3,(H,23,27). The molecule has 2 aliphatic heterocycles. The van der Waals surface area contributed by atoms with Crippen molar-refractivity contribution in [3.05, 3.63) is 46.3 Å². The Morgan fingerprint density at radius 1 is 1.27 bits per heavy atom. The molecule has 1 atom stereocenters. The number of anilines is 2. The predicted molar refractivity (Wildman–Crippen MR) is 116 cm³/mol. The van der Waals surface area contributed by atoms with Crippen molar-refractivity contribution in [1.82, 2.24) is 4.90 Å². The van der Waals surface area contributed by atoms with E-state index >= 15 is 0 Å². The molecular formula is C22H25N3O4S. The first-order valence-corrected chi connectivity index (χ1v) is 11.0. The van der Waals surface area contributed by atoms with Gasteiger partial charge in [0.2, 0.25) is 11.8 Å². The van der Waals surface area contributed by atoms with E-state index in [9.17, 15) is 14.4 Å². The Kier molecular flexibility index (Phi) is 5.87. The van der Waals surface area contributed by atoms with E-state index in [1.54, 1.807) is 11.8 Å². The molecule has 2 amide bonds. The minimum atomic E-state index is -0.463. The van der Waals surface area contributed by atoms with Crippen molar-refractivity contribution < 1.29 is 19.1 Å². The lowest BCUT2D eigenvalue weighted by atomic mass is 10.0. The highest BCUT2D eigenvalue weighted by Gasteiger charge is 2.36. The van der Waals surface area contributed by atoms with Crippen molar-refractivity contribution in [3.8, 4) is 0 Å². The lowest BCUT2D eigenvalue weighted by Gasteiger charge is -2.22. The number of hydrogen-bond acceptors (Lipinski definition) is 6. The summed E-state index contributed by atoms with van der Waals surface area (Å²) in [5.41, 5.74) is 2.24. The maximum absolute atomic E-state index is 13.0. The van der Waals surface area contributed by atoms with Crippen molar-refractivity contribution in [2.75, 3.05) is 37.0 Å². The molecule has 4 rings (SSSR count). The summed E-state index contributed by atoms with van der Waals surface area (Å²) >= 11 is 1.43. The van der Waals surface area contributed by atoms with Crippen LogP contribution in [-0.2, 0) is 27.3 Å². The number of rotatable bonds is 5. The molecular weight excluding hydrogens is 402 g/mol. The summed E-state index contributed by atoms with van der Waals surface area (Å²) in [6.07, 6.45) is 0.902. The second-order valence-corrected chi connectivity index (χ2v) is 8.75. The van der Waals surface area contributed by atoms with Crippen molar-refractivity contribution in [2.24, 2.45) is 5.92 Å². The predicted octanol–water partition coefficient (Wildman–Crippen LogP) is 2.90. The van der Waals surface area contributed by atoms with E-state index in [2.05, 4.69) is 10.2 Å². The van der Waals surface area contributed by atoms with Crippen LogP contribution in [0.5, 0.6) is 0 Å². The zero-order valence-corrected chi connectivity index (χ0v) is 18.0. The van der Waals surface area contributed by atoms with Crippen LogP contribution in [0, 0.1) is 5.92 Å². The molecule has 1 aromatic carbocycles. The van der Waals surface area contributed by atoms with Crippen LogP contribution in [0.25, 0.3) is 0 Å². The van der Waals surface area contributed by atoms with Gasteiger partial charge in [0.25, 0.3) is 0 Å². The fourth-order valence-electron chi connectivity index (χ4n) is 3.99. The van der Waals surface area contributed by atoms with Gasteiger partial charge in [-0.3, -0.25) is 9.59 Å².